The fourth-order valence-corrected chi connectivity index (χ4v) is 0.196. The van der Waals surface area contributed by atoms with Gasteiger partial charge in [0.1, 0.15) is 1.37 Å². The summed E-state index contributed by atoms with van der Waals surface area (Å²) in [5.41, 5.74) is 0. The van der Waals surface area contributed by atoms with Crippen molar-refractivity contribution in [2.24, 2.45) is 0 Å². The lowest BCUT2D eigenvalue weighted by Gasteiger charge is -1.50. The van der Waals surface area contributed by atoms with Crippen molar-refractivity contribution >= 4 is 0 Å². The average molecular weight is 70.1 g/mol. The zero-order chi connectivity index (χ0) is 4.41. The molecule has 1 aromatic heterocycles. The van der Waals surface area contributed by atoms with Crippen molar-refractivity contribution in [3.63, 3.8) is 0 Å². The standard InChI is InChI=1S/C4H4O/c1-2-4-5-3-1/h1-4H/i3T. The SMILES string of the molecule is [3H]c1ccco1. The van der Waals surface area contributed by atoms with Crippen LogP contribution in [0.25, 0.3) is 0 Å². The van der Waals surface area contributed by atoms with Gasteiger partial charge < -0.3 is 4.42 Å². The minimum atomic E-state index is 0.218. The summed E-state index contributed by atoms with van der Waals surface area (Å²) in [5.74, 6) is 0. The minimum absolute atomic E-state index is 0.218. The van der Waals surface area contributed by atoms with Crippen molar-refractivity contribution in [1.82, 2.24) is 0 Å². The Morgan fingerprint density at radius 1 is 1.60 bits per heavy atom. The lowest BCUT2D eigenvalue weighted by atomic mass is 10.7. The summed E-state index contributed by atoms with van der Waals surface area (Å²) in [7, 11) is 0. The van der Waals surface area contributed by atoms with Crippen molar-refractivity contribution in [3.05, 3.63) is 24.6 Å². The van der Waals surface area contributed by atoms with E-state index < -0.39 is 0 Å². The molecule has 0 saturated heterocycles. The van der Waals surface area contributed by atoms with Crippen molar-refractivity contribution in [2.45, 2.75) is 0 Å². The molecule has 0 aliphatic rings. The highest BCUT2D eigenvalue weighted by atomic mass is 16.3. The maximum atomic E-state index is 6.71. The molecule has 0 N–H and O–H groups in total. The van der Waals surface area contributed by atoms with E-state index in [1.165, 1.54) is 6.26 Å². The lowest BCUT2D eigenvalue weighted by molar-refractivity contribution is 0.567. The molecule has 1 heterocycles. The van der Waals surface area contributed by atoms with Crippen molar-refractivity contribution in [2.75, 3.05) is 0 Å². The maximum Gasteiger partial charge on any atom is 0.104 e. The summed E-state index contributed by atoms with van der Waals surface area (Å²) in [5, 5.41) is 0. The van der Waals surface area contributed by atoms with Crippen LogP contribution >= 0.6 is 0 Å². The van der Waals surface area contributed by atoms with E-state index in [9.17, 15) is 0 Å². The molecule has 0 aromatic carbocycles. The Kier molecular flexibility index (Phi) is 0.307. The molecule has 0 fully saturated rings. The third-order valence-electron chi connectivity index (χ3n) is 0.379. The highest BCUT2D eigenvalue weighted by Crippen LogP contribution is 1.79. The van der Waals surface area contributed by atoms with Gasteiger partial charge in [0.15, 0.2) is 0 Å². The largest absolute Gasteiger partial charge is 0.473 e. The third-order valence-corrected chi connectivity index (χ3v) is 0.379. The summed E-state index contributed by atoms with van der Waals surface area (Å²) in [4.78, 5) is 0. The van der Waals surface area contributed by atoms with Gasteiger partial charge in [-0.25, -0.2) is 0 Å². The molecule has 0 saturated carbocycles. The van der Waals surface area contributed by atoms with E-state index in [-0.39, 0.29) is 6.24 Å². The van der Waals surface area contributed by atoms with Crippen LogP contribution in [0.3, 0.4) is 0 Å². The van der Waals surface area contributed by atoms with Crippen LogP contribution in [-0.2, 0) is 0 Å². The molecule has 26 valence electrons. The van der Waals surface area contributed by atoms with E-state index >= 15 is 0 Å². The molecule has 0 spiro atoms. The molecule has 1 heteroatoms. The second kappa shape index (κ2) is 0.931. The van der Waals surface area contributed by atoms with Gasteiger partial charge in [-0.1, -0.05) is 0 Å². The van der Waals surface area contributed by atoms with Gasteiger partial charge in [-0.2, -0.15) is 0 Å². The van der Waals surface area contributed by atoms with Gasteiger partial charge in [-0.15, -0.1) is 0 Å². The molecule has 0 bridgehead atoms. The molecule has 1 nitrogen and oxygen atoms in total. The highest BCUT2D eigenvalue weighted by Gasteiger charge is 1.58. The molecule has 0 unspecified atom stereocenters. The number of furan rings is 1. The second-order valence-electron chi connectivity index (χ2n) is 0.731. The van der Waals surface area contributed by atoms with Crippen molar-refractivity contribution in [3.8, 4) is 0 Å². The van der Waals surface area contributed by atoms with Crippen LogP contribution in [0.1, 0.15) is 1.37 Å². The van der Waals surface area contributed by atoms with E-state index in [4.69, 9.17) is 1.37 Å². The average Bonchev–Trinajstić information content (AvgIpc) is 1.86. The zero-order valence-electron chi connectivity index (χ0n) is 3.64. The van der Waals surface area contributed by atoms with Gasteiger partial charge in [0.25, 0.3) is 0 Å². The summed E-state index contributed by atoms with van der Waals surface area (Å²) in [6.07, 6.45) is 1.69. The first kappa shape index (κ1) is 1.65. The van der Waals surface area contributed by atoms with Crippen LogP contribution in [-0.4, -0.2) is 0 Å². The molecule has 0 radical (unpaired) electrons. The van der Waals surface area contributed by atoms with Gasteiger partial charge in [-0.3, -0.25) is 0 Å². The van der Waals surface area contributed by atoms with Gasteiger partial charge in [-0.05, 0) is 12.1 Å². The lowest BCUT2D eigenvalue weighted by Crippen LogP contribution is -1.16. The minimum Gasteiger partial charge on any atom is -0.473 e. The molecule has 0 aliphatic heterocycles. The van der Waals surface area contributed by atoms with Gasteiger partial charge in [0, 0.05) is 0 Å². The third kappa shape index (κ3) is 0.293. The highest BCUT2D eigenvalue weighted by molar-refractivity contribution is 4.79. The number of hydrogen-bond donors (Lipinski definition) is 0. The van der Waals surface area contributed by atoms with E-state index in [1.807, 2.05) is 0 Å². The first-order valence-electron chi connectivity index (χ1n) is 1.90. The summed E-state index contributed by atoms with van der Waals surface area (Å²) in [6.45, 7) is 0. The summed E-state index contributed by atoms with van der Waals surface area (Å²) < 4.78 is 11.2. The molecule has 5 heavy (non-hydrogen) atoms. The van der Waals surface area contributed by atoms with Gasteiger partial charge in [0.05, 0.1) is 12.5 Å². The zero-order valence-corrected chi connectivity index (χ0v) is 2.64. The molecule has 1 rings (SSSR count). The monoisotopic (exact) mass is 70.0 g/mol. The van der Waals surface area contributed by atoms with Crippen molar-refractivity contribution < 1.29 is 5.79 Å². The van der Waals surface area contributed by atoms with Crippen LogP contribution in [0.5, 0.6) is 0 Å². The Morgan fingerprint density at radius 3 is 2.80 bits per heavy atom. The fourth-order valence-electron chi connectivity index (χ4n) is 0.196. The number of hydrogen-bond acceptors (Lipinski definition) is 1. The fraction of sp³-hybridized carbons (Fsp3) is 0. The Morgan fingerprint density at radius 2 is 2.60 bits per heavy atom. The molecule has 1 aromatic rings. The van der Waals surface area contributed by atoms with E-state index in [0.717, 1.165) is 0 Å². The van der Waals surface area contributed by atoms with E-state index in [0.29, 0.717) is 0 Å². The summed E-state index contributed by atoms with van der Waals surface area (Å²) >= 11 is 0. The molecular formula is C4H4O. The van der Waals surface area contributed by atoms with Crippen LogP contribution in [0.4, 0.5) is 0 Å². The molecule has 0 amide bonds. The maximum absolute atomic E-state index is 6.71. The Labute approximate surface area is 31.6 Å². The van der Waals surface area contributed by atoms with Crippen LogP contribution in [0, 0.1) is 0 Å². The Bertz CT molecular complexity index is 111. The molecule has 0 atom stereocenters. The predicted octanol–water partition coefficient (Wildman–Crippen LogP) is 1.28. The smallest absolute Gasteiger partial charge is 0.104 e. The number of rotatable bonds is 0. The van der Waals surface area contributed by atoms with Crippen LogP contribution in [0.2, 0.25) is 0 Å². The Balaban J connectivity index is 3.05. The molecular weight excluding hydrogens is 64.0 g/mol. The first-order valence-corrected chi connectivity index (χ1v) is 1.40. The van der Waals surface area contributed by atoms with E-state index in [1.54, 1.807) is 12.1 Å². The van der Waals surface area contributed by atoms with Crippen LogP contribution < -0.4 is 0 Å². The Hall–Kier alpha value is -0.720. The van der Waals surface area contributed by atoms with Crippen molar-refractivity contribution in [1.29, 1.82) is 0 Å². The van der Waals surface area contributed by atoms with Gasteiger partial charge in [0.2, 0.25) is 0 Å². The van der Waals surface area contributed by atoms with E-state index in [2.05, 4.69) is 4.42 Å². The molecule has 0 aliphatic carbocycles. The first-order chi connectivity index (χ1) is 2.89. The topological polar surface area (TPSA) is 13.1 Å². The summed E-state index contributed by atoms with van der Waals surface area (Å²) in [6, 6.07) is 3.27. The quantitative estimate of drug-likeness (QED) is 0.448. The van der Waals surface area contributed by atoms with Crippen LogP contribution in [0.15, 0.2) is 29.1 Å². The normalized spacial score (nSPS) is 10.8. The second-order valence-corrected chi connectivity index (χ2v) is 0.731. The van der Waals surface area contributed by atoms with Gasteiger partial charge >= 0.3 is 0 Å². The predicted molar refractivity (Wildman–Crippen MR) is 18.7 cm³/mol.